The van der Waals surface area contributed by atoms with Crippen molar-refractivity contribution < 1.29 is 19.0 Å². The molecule has 1 heterocycles. The van der Waals surface area contributed by atoms with Gasteiger partial charge in [0.05, 0.1) is 35.8 Å². The van der Waals surface area contributed by atoms with Crippen LogP contribution in [-0.2, 0) is 4.79 Å². The van der Waals surface area contributed by atoms with Crippen LogP contribution >= 0.6 is 31.9 Å². The lowest BCUT2D eigenvalue weighted by Crippen LogP contribution is -2.21. The minimum atomic E-state index is -0.324. The molecule has 1 aromatic heterocycles. The average Bonchev–Trinajstić information content (AvgIpc) is 3.06. The summed E-state index contributed by atoms with van der Waals surface area (Å²) in [6.07, 6.45) is 1.55. The molecular weight excluding hydrogens is 728 g/mol. The zero-order valence-electron chi connectivity index (χ0n) is 26.9. The van der Waals surface area contributed by atoms with Gasteiger partial charge in [0.2, 0.25) is 0 Å². The van der Waals surface area contributed by atoms with Crippen molar-refractivity contribution in [3.05, 3.63) is 108 Å². The van der Waals surface area contributed by atoms with Crippen LogP contribution in [-0.4, -0.2) is 42.6 Å². The van der Waals surface area contributed by atoms with Crippen molar-refractivity contribution in [3.8, 4) is 28.6 Å². The third-order valence-corrected chi connectivity index (χ3v) is 9.71. The van der Waals surface area contributed by atoms with Crippen LogP contribution < -0.4 is 25.1 Å². The van der Waals surface area contributed by atoms with Gasteiger partial charge in [-0.15, -0.1) is 0 Å². The quantitative estimate of drug-likeness (QED) is 0.144. The summed E-state index contributed by atoms with van der Waals surface area (Å²) in [6.45, 7) is 7.86. The highest BCUT2D eigenvalue weighted by molar-refractivity contribution is 9.13. The molecule has 0 aliphatic carbocycles. The molecule has 0 unspecified atom stereocenters. The van der Waals surface area contributed by atoms with Gasteiger partial charge in [-0.3, -0.25) is 9.59 Å². The lowest BCUT2D eigenvalue weighted by molar-refractivity contribution is -0.118. The fourth-order valence-corrected chi connectivity index (χ4v) is 5.98. The van der Waals surface area contributed by atoms with E-state index in [2.05, 4.69) is 56.1 Å². The minimum absolute atomic E-state index is 0.170. The third kappa shape index (κ3) is 7.26. The number of nitrogens with one attached hydrogen (secondary N) is 1. The molecule has 0 radical (unpaired) electrons. The van der Waals surface area contributed by atoms with Crippen LogP contribution in [0.2, 0.25) is 0 Å². The highest BCUT2D eigenvalue weighted by Crippen LogP contribution is 2.42. The van der Waals surface area contributed by atoms with E-state index in [-0.39, 0.29) is 24.0 Å². The molecule has 9 nitrogen and oxygen atoms in total. The molecule has 0 aliphatic rings. The summed E-state index contributed by atoms with van der Waals surface area (Å²) in [4.78, 5) is 31.4. The van der Waals surface area contributed by atoms with Crippen LogP contribution in [0, 0.1) is 13.8 Å². The van der Waals surface area contributed by atoms with Gasteiger partial charge >= 0.3 is 0 Å². The smallest absolute Gasteiger partial charge is 0.282 e. The maximum absolute atomic E-state index is 13.9. The van der Waals surface area contributed by atoms with Gasteiger partial charge in [0, 0.05) is 21.3 Å². The second-order valence-corrected chi connectivity index (χ2v) is 12.8. The first-order chi connectivity index (χ1) is 22.5. The molecule has 5 rings (SSSR count). The van der Waals surface area contributed by atoms with Crippen LogP contribution in [0.25, 0.3) is 22.3 Å². The van der Waals surface area contributed by atoms with Gasteiger partial charge in [-0.25, -0.2) is 4.98 Å². The van der Waals surface area contributed by atoms with Gasteiger partial charge in [-0.05, 0) is 105 Å². The number of methoxy groups -OCH3 is 2. The van der Waals surface area contributed by atoms with Crippen molar-refractivity contribution in [2.75, 3.05) is 26.1 Å². The van der Waals surface area contributed by atoms with Crippen LogP contribution in [0.5, 0.6) is 17.2 Å². The van der Waals surface area contributed by atoms with E-state index in [9.17, 15) is 9.59 Å². The van der Waals surface area contributed by atoms with Gasteiger partial charge in [0.25, 0.3) is 11.5 Å². The molecule has 47 heavy (non-hydrogen) atoms. The van der Waals surface area contributed by atoms with Gasteiger partial charge in [-0.1, -0.05) is 43.7 Å². The fourth-order valence-electron chi connectivity index (χ4n) is 5.05. The van der Waals surface area contributed by atoms with Crippen LogP contribution in [0.1, 0.15) is 42.0 Å². The zero-order chi connectivity index (χ0) is 33.8. The van der Waals surface area contributed by atoms with Crippen molar-refractivity contribution in [1.82, 2.24) is 9.66 Å². The molecule has 1 N–H and O–H groups in total. The number of nitrogens with zero attached hydrogens (tertiary/aromatic N) is 3. The number of benzene rings is 4. The Morgan fingerprint density at radius 1 is 0.979 bits per heavy atom. The molecule has 0 aliphatic heterocycles. The maximum atomic E-state index is 13.9. The molecule has 0 saturated heterocycles. The van der Waals surface area contributed by atoms with Crippen molar-refractivity contribution in [2.45, 2.75) is 33.6 Å². The summed E-state index contributed by atoms with van der Waals surface area (Å²) in [7, 11) is 3.15. The number of hydrogen-bond acceptors (Lipinski definition) is 7. The Kier molecular flexibility index (Phi) is 10.5. The molecule has 0 fully saturated rings. The molecular formula is C36H34Br2N4O5. The number of carbonyl (C=O) groups is 1. The fraction of sp³-hybridized carbons (Fsp3) is 0.222. The van der Waals surface area contributed by atoms with Gasteiger partial charge in [-0.2, -0.15) is 9.78 Å². The summed E-state index contributed by atoms with van der Waals surface area (Å²) in [5, 5.41) is 7.93. The summed E-state index contributed by atoms with van der Waals surface area (Å²) in [6, 6.07) is 20.4. The van der Waals surface area contributed by atoms with E-state index in [1.54, 1.807) is 31.5 Å². The van der Waals surface area contributed by atoms with E-state index in [0.29, 0.717) is 48.4 Å². The Hall–Kier alpha value is -4.48. The largest absolute Gasteiger partial charge is 0.496 e. The molecule has 0 spiro atoms. The minimum Gasteiger partial charge on any atom is -0.496 e. The number of rotatable bonds is 10. The predicted molar refractivity (Wildman–Crippen MR) is 194 cm³/mol. The monoisotopic (exact) mass is 760 g/mol. The Morgan fingerprint density at radius 2 is 1.68 bits per heavy atom. The summed E-state index contributed by atoms with van der Waals surface area (Å²) >= 11 is 7.20. The Morgan fingerprint density at radius 3 is 2.36 bits per heavy atom. The van der Waals surface area contributed by atoms with E-state index in [4.69, 9.17) is 19.2 Å². The van der Waals surface area contributed by atoms with E-state index in [1.165, 1.54) is 11.8 Å². The van der Waals surface area contributed by atoms with Crippen molar-refractivity contribution >= 4 is 60.6 Å². The number of ether oxygens (including phenoxy) is 3. The molecule has 242 valence electrons. The van der Waals surface area contributed by atoms with Crippen molar-refractivity contribution in [2.24, 2.45) is 5.10 Å². The molecule has 0 atom stereocenters. The number of carbonyl (C=O) groups excluding carboxylic acids is 1. The van der Waals surface area contributed by atoms with E-state index in [0.717, 1.165) is 28.0 Å². The van der Waals surface area contributed by atoms with Gasteiger partial charge < -0.3 is 19.5 Å². The highest BCUT2D eigenvalue weighted by atomic mass is 79.9. The van der Waals surface area contributed by atoms with E-state index >= 15 is 0 Å². The maximum Gasteiger partial charge on any atom is 0.282 e. The number of para-hydroxylation sites is 1. The Labute approximate surface area is 289 Å². The molecule has 0 saturated carbocycles. The predicted octanol–water partition coefficient (Wildman–Crippen LogP) is 8.25. The molecule has 11 heteroatoms. The van der Waals surface area contributed by atoms with E-state index in [1.807, 2.05) is 62.4 Å². The van der Waals surface area contributed by atoms with Gasteiger partial charge in [0.1, 0.15) is 5.75 Å². The number of aromatic nitrogens is 2. The molecule has 5 aromatic rings. The average molecular weight is 762 g/mol. The standard InChI is InChI=1S/C36H34Br2N4O5/c1-20(2)26-17-27(22(4)15-29(26)45-5)35-41-28-10-8-7-9-25(28)36(44)42(35)39-18-23-16-30(46-6)34(33(38)32(23)37)47-19-31(43)40-24-13-11-21(3)12-14-24/h7-18,20H,19H2,1-6H3,(H,40,43). The second-order valence-electron chi connectivity index (χ2n) is 11.2. The topological polar surface area (TPSA) is 104 Å². The highest BCUT2D eigenvalue weighted by Gasteiger charge is 2.20. The summed E-state index contributed by atoms with van der Waals surface area (Å²) < 4.78 is 19.6. The molecule has 4 aromatic carbocycles. The summed E-state index contributed by atoms with van der Waals surface area (Å²) in [5.41, 5.74) is 5.25. The number of aryl methyl sites for hydroxylation is 2. The Balaban J connectivity index is 1.54. The first-order valence-electron chi connectivity index (χ1n) is 14.8. The van der Waals surface area contributed by atoms with Crippen LogP contribution in [0.15, 0.2) is 85.6 Å². The second kappa shape index (κ2) is 14.5. The van der Waals surface area contributed by atoms with Crippen LogP contribution in [0.4, 0.5) is 5.69 Å². The summed E-state index contributed by atoms with van der Waals surface area (Å²) in [5.74, 6) is 1.71. The van der Waals surface area contributed by atoms with Gasteiger partial charge in [0.15, 0.2) is 23.9 Å². The SMILES string of the molecule is COc1cc(C)c(-c2nc3ccccc3c(=O)n2N=Cc2cc(OC)c(OCC(=O)Nc3ccc(C)cc3)c(Br)c2Br)cc1C(C)C. The first kappa shape index (κ1) is 33.9. The first-order valence-corrected chi connectivity index (χ1v) is 16.4. The number of halogens is 2. The molecule has 1 amide bonds. The number of amides is 1. The third-order valence-electron chi connectivity index (χ3n) is 7.56. The lowest BCUT2D eigenvalue weighted by Gasteiger charge is -2.17. The zero-order valence-corrected chi connectivity index (χ0v) is 30.0. The number of fused-ring (bicyclic) bond motifs is 1. The van der Waals surface area contributed by atoms with Crippen molar-refractivity contribution in [3.63, 3.8) is 0 Å². The number of hydrogen-bond donors (Lipinski definition) is 1. The van der Waals surface area contributed by atoms with Crippen molar-refractivity contribution in [1.29, 1.82) is 0 Å². The lowest BCUT2D eigenvalue weighted by atomic mass is 9.96. The Bertz CT molecular complexity index is 2060. The van der Waals surface area contributed by atoms with Crippen LogP contribution in [0.3, 0.4) is 0 Å². The van der Waals surface area contributed by atoms with E-state index < -0.39 is 0 Å². The molecule has 0 bridgehead atoms. The normalized spacial score (nSPS) is 11.3. The number of anilines is 1.